The van der Waals surface area contributed by atoms with Gasteiger partial charge in [0, 0.05) is 31.5 Å². The molecule has 0 aliphatic rings. The lowest BCUT2D eigenvalue weighted by molar-refractivity contribution is 0.146. The smallest absolute Gasteiger partial charge is 0.166 e. The normalized spacial score (nSPS) is 10.9. The summed E-state index contributed by atoms with van der Waals surface area (Å²) in [5, 5.41) is 9.79. The van der Waals surface area contributed by atoms with Crippen molar-refractivity contribution in [2.24, 2.45) is 4.99 Å². The number of hydrogen-bond acceptors (Lipinski definition) is 4. The van der Waals surface area contributed by atoms with Gasteiger partial charge in [-0.25, -0.2) is 0 Å². The number of phenols is 1. The van der Waals surface area contributed by atoms with E-state index in [1.807, 2.05) is 13.0 Å². The van der Waals surface area contributed by atoms with E-state index in [0.29, 0.717) is 17.9 Å². The topological polar surface area (TPSA) is 51.0 Å². The number of para-hydroxylation sites is 1. The molecular weight excluding hydrogens is 218 g/mol. The number of rotatable bonds is 7. The standard InChI is InChI=1S/C13H19NO3/c1-3-17-9-5-8-14-10-11-6-4-7-12(16-2)13(11)15/h4,6-7,10,15H,3,5,8-9H2,1-2H3. The highest BCUT2D eigenvalue weighted by molar-refractivity contribution is 5.84. The summed E-state index contributed by atoms with van der Waals surface area (Å²) in [6.45, 7) is 4.12. The summed E-state index contributed by atoms with van der Waals surface area (Å²) in [6.07, 6.45) is 2.54. The molecule has 0 saturated heterocycles. The highest BCUT2D eigenvalue weighted by Crippen LogP contribution is 2.27. The minimum Gasteiger partial charge on any atom is -0.504 e. The Labute approximate surface area is 102 Å². The van der Waals surface area contributed by atoms with Crippen molar-refractivity contribution in [2.45, 2.75) is 13.3 Å². The summed E-state index contributed by atoms with van der Waals surface area (Å²) in [5.74, 6) is 0.590. The predicted octanol–water partition coefficient (Wildman–Crippen LogP) is 2.25. The van der Waals surface area contributed by atoms with Crippen LogP contribution in [0.2, 0.25) is 0 Å². The monoisotopic (exact) mass is 237 g/mol. The van der Waals surface area contributed by atoms with Crippen molar-refractivity contribution in [2.75, 3.05) is 26.9 Å². The van der Waals surface area contributed by atoms with Crippen LogP contribution in [-0.2, 0) is 4.74 Å². The van der Waals surface area contributed by atoms with Crippen molar-refractivity contribution in [3.8, 4) is 11.5 Å². The van der Waals surface area contributed by atoms with Crippen LogP contribution in [0.3, 0.4) is 0 Å². The number of ether oxygens (including phenoxy) is 2. The van der Waals surface area contributed by atoms with Gasteiger partial charge in [0.2, 0.25) is 0 Å². The third kappa shape index (κ3) is 4.44. The molecule has 4 heteroatoms. The molecule has 0 radical (unpaired) electrons. The van der Waals surface area contributed by atoms with Crippen molar-refractivity contribution in [1.82, 2.24) is 0 Å². The minimum atomic E-state index is 0.128. The Morgan fingerprint density at radius 2 is 2.24 bits per heavy atom. The molecule has 0 bridgehead atoms. The van der Waals surface area contributed by atoms with Crippen molar-refractivity contribution in [1.29, 1.82) is 0 Å². The molecule has 0 heterocycles. The molecule has 0 aromatic heterocycles. The Bertz CT molecular complexity index is 364. The van der Waals surface area contributed by atoms with Gasteiger partial charge in [-0.15, -0.1) is 0 Å². The average Bonchev–Trinajstić information content (AvgIpc) is 2.35. The van der Waals surface area contributed by atoms with Crippen LogP contribution in [0.4, 0.5) is 0 Å². The van der Waals surface area contributed by atoms with E-state index in [0.717, 1.165) is 19.6 Å². The van der Waals surface area contributed by atoms with Crippen LogP contribution in [0.1, 0.15) is 18.9 Å². The van der Waals surface area contributed by atoms with E-state index in [2.05, 4.69) is 4.99 Å². The van der Waals surface area contributed by atoms with E-state index in [1.165, 1.54) is 7.11 Å². The van der Waals surface area contributed by atoms with Crippen molar-refractivity contribution >= 4 is 6.21 Å². The maximum absolute atomic E-state index is 9.79. The molecule has 0 aliphatic heterocycles. The van der Waals surface area contributed by atoms with E-state index >= 15 is 0 Å². The average molecular weight is 237 g/mol. The predicted molar refractivity (Wildman–Crippen MR) is 68.2 cm³/mol. The Morgan fingerprint density at radius 1 is 1.41 bits per heavy atom. The zero-order chi connectivity index (χ0) is 12.5. The lowest BCUT2D eigenvalue weighted by Gasteiger charge is -2.04. The van der Waals surface area contributed by atoms with Crippen LogP contribution in [0.5, 0.6) is 11.5 Å². The lowest BCUT2D eigenvalue weighted by atomic mass is 10.2. The number of hydrogen-bond donors (Lipinski definition) is 1. The Morgan fingerprint density at radius 3 is 2.94 bits per heavy atom. The molecule has 1 aromatic carbocycles. The van der Waals surface area contributed by atoms with Crippen molar-refractivity contribution in [3.63, 3.8) is 0 Å². The minimum absolute atomic E-state index is 0.128. The molecule has 0 amide bonds. The first kappa shape index (κ1) is 13.5. The second-order valence-corrected chi connectivity index (χ2v) is 3.48. The van der Waals surface area contributed by atoms with E-state index in [9.17, 15) is 5.11 Å². The fraction of sp³-hybridized carbons (Fsp3) is 0.462. The number of nitrogens with zero attached hydrogens (tertiary/aromatic N) is 1. The molecular formula is C13H19NO3. The summed E-state index contributed by atoms with van der Waals surface area (Å²) in [7, 11) is 1.53. The van der Waals surface area contributed by atoms with E-state index < -0.39 is 0 Å². The van der Waals surface area contributed by atoms with Gasteiger partial charge < -0.3 is 14.6 Å². The first-order valence-electron chi connectivity index (χ1n) is 5.73. The first-order chi connectivity index (χ1) is 8.29. The number of aliphatic imine (C=N–C) groups is 1. The Kier molecular flexibility index (Phi) is 6.10. The molecule has 0 unspecified atom stereocenters. The van der Waals surface area contributed by atoms with Gasteiger partial charge >= 0.3 is 0 Å². The molecule has 0 aliphatic carbocycles. The van der Waals surface area contributed by atoms with Gasteiger partial charge in [0.1, 0.15) is 0 Å². The summed E-state index contributed by atoms with van der Waals surface area (Å²) in [4.78, 5) is 4.23. The highest BCUT2D eigenvalue weighted by atomic mass is 16.5. The van der Waals surface area contributed by atoms with Gasteiger partial charge in [0.25, 0.3) is 0 Å². The van der Waals surface area contributed by atoms with Gasteiger partial charge in [0.05, 0.1) is 7.11 Å². The molecule has 0 saturated carbocycles. The molecule has 1 aromatic rings. The van der Waals surface area contributed by atoms with Gasteiger partial charge in [-0.3, -0.25) is 4.99 Å². The Hall–Kier alpha value is -1.55. The van der Waals surface area contributed by atoms with Crippen LogP contribution in [0, 0.1) is 0 Å². The molecule has 17 heavy (non-hydrogen) atoms. The van der Waals surface area contributed by atoms with E-state index in [-0.39, 0.29) is 5.75 Å². The summed E-state index contributed by atoms with van der Waals surface area (Å²) >= 11 is 0. The number of benzene rings is 1. The van der Waals surface area contributed by atoms with Gasteiger partial charge in [0.15, 0.2) is 11.5 Å². The fourth-order valence-electron chi connectivity index (χ4n) is 1.37. The maximum atomic E-state index is 9.79. The van der Waals surface area contributed by atoms with Crippen LogP contribution >= 0.6 is 0 Å². The zero-order valence-corrected chi connectivity index (χ0v) is 10.3. The van der Waals surface area contributed by atoms with Gasteiger partial charge in [-0.2, -0.15) is 0 Å². The van der Waals surface area contributed by atoms with Gasteiger partial charge in [-0.05, 0) is 25.5 Å². The molecule has 1 N–H and O–H groups in total. The fourth-order valence-corrected chi connectivity index (χ4v) is 1.37. The second-order valence-electron chi connectivity index (χ2n) is 3.48. The van der Waals surface area contributed by atoms with Crippen LogP contribution in [0.15, 0.2) is 23.2 Å². The van der Waals surface area contributed by atoms with Crippen molar-refractivity contribution < 1.29 is 14.6 Å². The summed E-state index contributed by atoms with van der Waals surface area (Å²) in [5.41, 5.74) is 0.667. The largest absolute Gasteiger partial charge is 0.504 e. The van der Waals surface area contributed by atoms with Crippen LogP contribution in [0.25, 0.3) is 0 Å². The number of aromatic hydroxyl groups is 1. The molecule has 0 atom stereocenters. The molecule has 0 spiro atoms. The zero-order valence-electron chi connectivity index (χ0n) is 10.3. The maximum Gasteiger partial charge on any atom is 0.166 e. The summed E-state index contributed by atoms with van der Waals surface area (Å²) in [6, 6.07) is 5.33. The van der Waals surface area contributed by atoms with Crippen molar-refractivity contribution in [3.05, 3.63) is 23.8 Å². The van der Waals surface area contributed by atoms with Crippen LogP contribution in [-0.4, -0.2) is 38.2 Å². The Balaban J connectivity index is 2.48. The van der Waals surface area contributed by atoms with Gasteiger partial charge in [-0.1, -0.05) is 6.07 Å². The molecule has 4 nitrogen and oxygen atoms in total. The number of phenolic OH excluding ortho intramolecular Hbond substituents is 1. The molecule has 1 rings (SSSR count). The molecule has 0 fully saturated rings. The lowest BCUT2D eigenvalue weighted by Crippen LogP contribution is -1.96. The summed E-state index contributed by atoms with van der Waals surface area (Å²) < 4.78 is 10.2. The van der Waals surface area contributed by atoms with E-state index in [4.69, 9.17) is 9.47 Å². The third-order valence-electron chi connectivity index (χ3n) is 2.26. The second kappa shape index (κ2) is 7.68. The van der Waals surface area contributed by atoms with Crippen LogP contribution < -0.4 is 4.74 Å². The highest BCUT2D eigenvalue weighted by Gasteiger charge is 2.04. The quantitative estimate of drug-likeness (QED) is 0.584. The SMILES string of the molecule is CCOCCCN=Cc1cccc(OC)c1O. The first-order valence-corrected chi connectivity index (χ1v) is 5.73. The third-order valence-corrected chi connectivity index (χ3v) is 2.26. The van der Waals surface area contributed by atoms with E-state index in [1.54, 1.807) is 18.3 Å². The number of methoxy groups -OCH3 is 1. The molecule has 94 valence electrons.